The molecule has 0 saturated carbocycles. The second-order valence-electron chi connectivity index (χ2n) is 6.56. The molecule has 0 radical (unpaired) electrons. The number of nitrogens with one attached hydrogen (secondary N) is 1. The Hall–Kier alpha value is -2.74. The number of aromatic amines is 1. The Balaban J connectivity index is 1.47. The van der Waals surface area contributed by atoms with Gasteiger partial charge < -0.3 is 9.64 Å². The summed E-state index contributed by atoms with van der Waals surface area (Å²) in [5.41, 5.74) is 1.70. The van der Waals surface area contributed by atoms with E-state index in [0.29, 0.717) is 12.6 Å². The minimum atomic E-state index is -0.320. The van der Waals surface area contributed by atoms with Crippen molar-refractivity contribution in [2.75, 3.05) is 31.6 Å². The van der Waals surface area contributed by atoms with E-state index < -0.39 is 0 Å². The maximum atomic E-state index is 13.9. The average Bonchev–Trinajstić information content (AvgIpc) is 3.12. The molecule has 136 valence electrons. The molecule has 2 aromatic heterocycles. The molecule has 8 heteroatoms. The Labute approximate surface area is 150 Å². The van der Waals surface area contributed by atoms with Gasteiger partial charge >= 0.3 is 0 Å². The van der Waals surface area contributed by atoms with Crippen molar-refractivity contribution in [2.45, 2.75) is 19.5 Å². The standard InChI is InChI=1S/C18H21FN6O/c1-12-9-25(18-14-8-22-23-17(14)20-11-21-18)6-5-24(12)10-13-3-4-16(26-2)15(19)7-13/h3-4,7-8,11-12H,5-6,9-10H2,1-2H3,(H,20,21,22,23). The summed E-state index contributed by atoms with van der Waals surface area (Å²) >= 11 is 0. The zero-order chi connectivity index (χ0) is 18.1. The number of aromatic nitrogens is 4. The van der Waals surface area contributed by atoms with Crippen molar-refractivity contribution in [1.29, 1.82) is 0 Å². The minimum absolute atomic E-state index is 0.277. The lowest BCUT2D eigenvalue weighted by Gasteiger charge is -2.40. The van der Waals surface area contributed by atoms with Gasteiger partial charge in [-0.3, -0.25) is 10.00 Å². The van der Waals surface area contributed by atoms with Crippen LogP contribution < -0.4 is 9.64 Å². The lowest BCUT2D eigenvalue weighted by Crippen LogP contribution is -2.51. The molecule has 1 fully saturated rings. The van der Waals surface area contributed by atoms with Crippen molar-refractivity contribution in [3.63, 3.8) is 0 Å². The van der Waals surface area contributed by atoms with E-state index in [1.54, 1.807) is 24.7 Å². The van der Waals surface area contributed by atoms with E-state index in [-0.39, 0.29) is 11.6 Å². The number of hydrogen-bond donors (Lipinski definition) is 1. The Kier molecular flexibility index (Phi) is 4.42. The zero-order valence-electron chi connectivity index (χ0n) is 14.8. The average molecular weight is 356 g/mol. The second kappa shape index (κ2) is 6.87. The highest BCUT2D eigenvalue weighted by molar-refractivity contribution is 5.86. The minimum Gasteiger partial charge on any atom is -0.494 e. The topological polar surface area (TPSA) is 70.2 Å². The van der Waals surface area contributed by atoms with Crippen molar-refractivity contribution in [2.24, 2.45) is 0 Å². The molecule has 1 aliphatic rings. The number of fused-ring (bicyclic) bond motifs is 1. The summed E-state index contributed by atoms with van der Waals surface area (Å²) in [7, 11) is 1.48. The maximum absolute atomic E-state index is 13.9. The van der Waals surface area contributed by atoms with Crippen LogP contribution in [-0.2, 0) is 6.54 Å². The van der Waals surface area contributed by atoms with Crippen molar-refractivity contribution < 1.29 is 9.13 Å². The first-order valence-corrected chi connectivity index (χ1v) is 8.61. The highest BCUT2D eigenvalue weighted by Crippen LogP contribution is 2.25. The maximum Gasteiger partial charge on any atom is 0.165 e. The fourth-order valence-corrected chi connectivity index (χ4v) is 3.47. The van der Waals surface area contributed by atoms with E-state index in [1.807, 2.05) is 6.07 Å². The molecule has 0 bridgehead atoms. The molecule has 0 spiro atoms. The first-order chi connectivity index (χ1) is 12.7. The van der Waals surface area contributed by atoms with Gasteiger partial charge in [0.2, 0.25) is 0 Å². The van der Waals surface area contributed by atoms with Crippen LogP contribution in [0.25, 0.3) is 11.0 Å². The van der Waals surface area contributed by atoms with E-state index in [1.165, 1.54) is 7.11 Å². The van der Waals surface area contributed by atoms with Gasteiger partial charge in [-0.05, 0) is 24.6 Å². The molecule has 1 atom stereocenters. The van der Waals surface area contributed by atoms with E-state index in [9.17, 15) is 4.39 Å². The summed E-state index contributed by atoms with van der Waals surface area (Å²) in [5, 5.41) is 7.88. The molecular weight excluding hydrogens is 335 g/mol. The molecule has 1 unspecified atom stereocenters. The van der Waals surface area contributed by atoms with Crippen LogP contribution in [0.3, 0.4) is 0 Å². The molecule has 26 heavy (non-hydrogen) atoms. The van der Waals surface area contributed by atoms with Crippen LogP contribution in [0, 0.1) is 5.82 Å². The van der Waals surface area contributed by atoms with Crippen LogP contribution in [0.5, 0.6) is 5.75 Å². The van der Waals surface area contributed by atoms with Crippen molar-refractivity contribution in [1.82, 2.24) is 25.1 Å². The number of anilines is 1. The van der Waals surface area contributed by atoms with Crippen LogP contribution in [-0.4, -0.2) is 57.9 Å². The fraction of sp³-hybridized carbons (Fsp3) is 0.389. The van der Waals surface area contributed by atoms with E-state index in [2.05, 4.69) is 36.9 Å². The van der Waals surface area contributed by atoms with Crippen LogP contribution in [0.15, 0.2) is 30.7 Å². The summed E-state index contributed by atoms with van der Waals surface area (Å²) in [6, 6.07) is 5.46. The first-order valence-electron chi connectivity index (χ1n) is 8.61. The third kappa shape index (κ3) is 3.08. The van der Waals surface area contributed by atoms with Crippen LogP contribution in [0.4, 0.5) is 10.2 Å². The largest absolute Gasteiger partial charge is 0.494 e. The summed E-state index contributed by atoms with van der Waals surface area (Å²) in [5.74, 6) is 0.866. The third-order valence-corrected chi connectivity index (χ3v) is 4.89. The predicted octanol–water partition coefficient (Wildman–Crippen LogP) is 2.21. The van der Waals surface area contributed by atoms with Gasteiger partial charge in [0.25, 0.3) is 0 Å². The Morgan fingerprint density at radius 2 is 2.19 bits per heavy atom. The number of methoxy groups -OCH3 is 1. The summed E-state index contributed by atoms with van der Waals surface area (Å²) < 4.78 is 18.9. The number of piperazine rings is 1. The molecule has 7 nitrogen and oxygen atoms in total. The van der Waals surface area contributed by atoms with Crippen LogP contribution in [0.1, 0.15) is 12.5 Å². The van der Waals surface area contributed by atoms with E-state index in [4.69, 9.17) is 4.74 Å². The Morgan fingerprint density at radius 3 is 2.96 bits per heavy atom. The first kappa shape index (κ1) is 16.7. The molecule has 0 amide bonds. The van der Waals surface area contributed by atoms with Gasteiger partial charge in [0.1, 0.15) is 12.1 Å². The normalized spacial score (nSPS) is 18.4. The molecule has 4 rings (SSSR count). The number of hydrogen-bond acceptors (Lipinski definition) is 6. The van der Waals surface area contributed by atoms with Crippen LogP contribution >= 0.6 is 0 Å². The summed E-state index contributed by atoms with van der Waals surface area (Å²) in [6.07, 6.45) is 3.33. The summed E-state index contributed by atoms with van der Waals surface area (Å²) in [6.45, 7) is 5.45. The summed E-state index contributed by atoms with van der Waals surface area (Å²) in [4.78, 5) is 13.3. The lowest BCUT2D eigenvalue weighted by molar-refractivity contribution is 0.180. The Morgan fingerprint density at radius 1 is 1.31 bits per heavy atom. The van der Waals surface area contributed by atoms with Gasteiger partial charge in [0.15, 0.2) is 17.2 Å². The monoisotopic (exact) mass is 356 g/mol. The molecular formula is C18H21FN6O. The lowest BCUT2D eigenvalue weighted by atomic mass is 10.1. The molecule has 1 N–H and O–H groups in total. The van der Waals surface area contributed by atoms with Crippen molar-refractivity contribution in [3.05, 3.63) is 42.1 Å². The van der Waals surface area contributed by atoms with Gasteiger partial charge in [0.05, 0.1) is 18.7 Å². The second-order valence-corrected chi connectivity index (χ2v) is 6.56. The molecule has 3 heterocycles. The Bertz CT molecular complexity index is 914. The number of rotatable bonds is 4. The highest BCUT2D eigenvalue weighted by Gasteiger charge is 2.26. The SMILES string of the molecule is COc1ccc(CN2CCN(c3ncnc4[nH]ncc34)CC2C)cc1F. The van der Waals surface area contributed by atoms with E-state index in [0.717, 1.165) is 42.0 Å². The number of benzene rings is 1. The number of ether oxygens (including phenoxy) is 1. The van der Waals surface area contributed by atoms with Crippen molar-refractivity contribution >= 4 is 16.9 Å². The van der Waals surface area contributed by atoms with Gasteiger partial charge in [-0.1, -0.05) is 6.07 Å². The van der Waals surface area contributed by atoms with Gasteiger partial charge in [-0.2, -0.15) is 5.10 Å². The van der Waals surface area contributed by atoms with Gasteiger partial charge in [-0.25, -0.2) is 14.4 Å². The van der Waals surface area contributed by atoms with Crippen molar-refractivity contribution in [3.8, 4) is 5.75 Å². The third-order valence-electron chi connectivity index (χ3n) is 4.89. The van der Waals surface area contributed by atoms with E-state index >= 15 is 0 Å². The molecule has 3 aromatic rings. The number of H-pyrrole nitrogens is 1. The molecule has 1 saturated heterocycles. The molecule has 0 aliphatic carbocycles. The fourth-order valence-electron chi connectivity index (χ4n) is 3.47. The number of halogens is 1. The smallest absolute Gasteiger partial charge is 0.165 e. The quantitative estimate of drug-likeness (QED) is 0.773. The highest BCUT2D eigenvalue weighted by atomic mass is 19.1. The van der Waals surface area contributed by atoms with Gasteiger partial charge in [-0.15, -0.1) is 0 Å². The van der Waals surface area contributed by atoms with Crippen LogP contribution in [0.2, 0.25) is 0 Å². The zero-order valence-corrected chi connectivity index (χ0v) is 14.8. The van der Waals surface area contributed by atoms with Gasteiger partial charge in [0, 0.05) is 32.2 Å². The molecule has 1 aliphatic heterocycles. The predicted molar refractivity (Wildman–Crippen MR) is 96.7 cm³/mol. The molecule has 1 aromatic carbocycles. The number of nitrogens with zero attached hydrogens (tertiary/aromatic N) is 5.